The van der Waals surface area contributed by atoms with Crippen LogP contribution in [-0.2, 0) is 11.3 Å². The number of urea groups is 1. The lowest BCUT2D eigenvalue weighted by Crippen LogP contribution is -2.36. The Kier molecular flexibility index (Phi) is 7.59. The van der Waals surface area contributed by atoms with E-state index in [1.54, 1.807) is 24.3 Å². The van der Waals surface area contributed by atoms with Gasteiger partial charge < -0.3 is 21.1 Å². The largest absolute Gasteiger partial charge is 0.481 e. The SMILES string of the molecule is CCC(C)NC(=O)c1cccc(CNC(=O)NCCC(=O)O)c1. The van der Waals surface area contributed by atoms with Crippen molar-refractivity contribution in [1.29, 1.82) is 0 Å². The Morgan fingerprint density at radius 1 is 1.22 bits per heavy atom. The first-order valence-electron chi connectivity index (χ1n) is 7.55. The molecular weight excluding hydrogens is 298 g/mol. The number of benzene rings is 1. The molecule has 0 radical (unpaired) electrons. The van der Waals surface area contributed by atoms with E-state index in [0.29, 0.717) is 5.56 Å². The van der Waals surface area contributed by atoms with Crippen molar-refractivity contribution in [3.63, 3.8) is 0 Å². The van der Waals surface area contributed by atoms with Gasteiger partial charge in [0.25, 0.3) is 5.91 Å². The van der Waals surface area contributed by atoms with Gasteiger partial charge in [-0.2, -0.15) is 0 Å². The molecule has 1 unspecified atom stereocenters. The first-order valence-corrected chi connectivity index (χ1v) is 7.55. The van der Waals surface area contributed by atoms with Crippen LogP contribution >= 0.6 is 0 Å². The van der Waals surface area contributed by atoms with Gasteiger partial charge in [-0.1, -0.05) is 19.1 Å². The van der Waals surface area contributed by atoms with E-state index in [4.69, 9.17) is 5.11 Å². The second-order valence-corrected chi connectivity index (χ2v) is 5.24. The van der Waals surface area contributed by atoms with Gasteiger partial charge in [0, 0.05) is 24.7 Å². The molecule has 1 aromatic rings. The second-order valence-electron chi connectivity index (χ2n) is 5.24. The van der Waals surface area contributed by atoms with Gasteiger partial charge in [0.05, 0.1) is 6.42 Å². The average Bonchev–Trinajstić information content (AvgIpc) is 2.52. The summed E-state index contributed by atoms with van der Waals surface area (Å²) in [6.45, 7) is 4.25. The summed E-state index contributed by atoms with van der Waals surface area (Å²) in [5.41, 5.74) is 1.33. The second kappa shape index (κ2) is 9.45. The molecule has 4 N–H and O–H groups in total. The molecular formula is C16H23N3O4. The number of hydrogen-bond acceptors (Lipinski definition) is 3. The van der Waals surface area contributed by atoms with Crippen LogP contribution in [0.25, 0.3) is 0 Å². The van der Waals surface area contributed by atoms with Crippen molar-refractivity contribution in [2.45, 2.75) is 39.3 Å². The van der Waals surface area contributed by atoms with Crippen LogP contribution in [0.3, 0.4) is 0 Å². The van der Waals surface area contributed by atoms with E-state index in [1.807, 2.05) is 13.8 Å². The molecule has 0 aliphatic heterocycles. The third-order valence-electron chi connectivity index (χ3n) is 3.26. The maximum atomic E-state index is 12.0. The molecule has 0 bridgehead atoms. The third kappa shape index (κ3) is 7.30. The molecule has 0 aromatic heterocycles. The van der Waals surface area contributed by atoms with Crippen LogP contribution in [0.4, 0.5) is 4.79 Å². The number of nitrogens with one attached hydrogen (secondary N) is 3. The highest BCUT2D eigenvalue weighted by atomic mass is 16.4. The maximum Gasteiger partial charge on any atom is 0.315 e. The summed E-state index contributed by atoms with van der Waals surface area (Å²) in [6.07, 6.45) is 0.724. The van der Waals surface area contributed by atoms with E-state index >= 15 is 0 Å². The standard InChI is InChI=1S/C16H23N3O4/c1-3-11(2)19-15(22)13-6-4-5-12(9-13)10-18-16(23)17-8-7-14(20)21/h4-6,9,11H,3,7-8,10H2,1-2H3,(H,19,22)(H,20,21)(H2,17,18,23). The van der Waals surface area contributed by atoms with Crippen LogP contribution in [-0.4, -0.2) is 35.6 Å². The first-order chi connectivity index (χ1) is 10.9. The Hall–Kier alpha value is -2.57. The van der Waals surface area contributed by atoms with Gasteiger partial charge in [-0.3, -0.25) is 9.59 Å². The van der Waals surface area contributed by atoms with Gasteiger partial charge in [-0.05, 0) is 31.0 Å². The quantitative estimate of drug-likeness (QED) is 0.582. The summed E-state index contributed by atoms with van der Waals surface area (Å²) >= 11 is 0. The zero-order valence-electron chi connectivity index (χ0n) is 13.4. The summed E-state index contributed by atoms with van der Waals surface area (Å²) in [6, 6.07) is 6.65. The fraction of sp³-hybridized carbons (Fsp3) is 0.438. The number of carbonyl (C=O) groups is 3. The van der Waals surface area contributed by atoms with Crippen molar-refractivity contribution in [2.75, 3.05) is 6.54 Å². The molecule has 126 valence electrons. The van der Waals surface area contributed by atoms with Crippen molar-refractivity contribution in [1.82, 2.24) is 16.0 Å². The molecule has 7 heteroatoms. The summed E-state index contributed by atoms with van der Waals surface area (Å²) in [5.74, 6) is -1.11. The van der Waals surface area contributed by atoms with Crippen LogP contribution in [0.5, 0.6) is 0 Å². The number of rotatable bonds is 8. The number of carboxylic acid groups (broad SMARTS) is 1. The molecule has 0 spiro atoms. The van der Waals surface area contributed by atoms with Crippen LogP contribution < -0.4 is 16.0 Å². The lowest BCUT2D eigenvalue weighted by Gasteiger charge is -2.12. The van der Waals surface area contributed by atoms with E-state index in [1.165, 1.54) is 0 Å². The molecule has 7 nitrogen and oxygen atoms in total. The molecule has 1 atom stereocenters. The lowest BCUT2D eigenvalue weighted by atomic mass is 10.1. The first kappa shape index (κ1) is 18.5. The Morgan fingerprint density at radius 3 is 2.61 bits per heavy atom. The van der Waals surface area contributed by atoms with Gasteiger partial charge in [-0.15, -0.1) is 0 Å². The van der Waals surface area contributed by atoms with Crippen LogP contribution in [0.2, 0.25) is 0 Å². The Bertz CT molecular complexity index is 560. The third-order valence-corrected chi connectivity index (χ3v) is 3.26. The monoisotopic (exact) mass is 321 g/mol. The number of hydrogen-bond donors (Lipinski definition) is 4. The van der Waals surface area contributed by atoms with Crippen LogP contribution in [0.1, 0.15) is 42.6 Å². The fourth-order valence-electron chi connectivity index (χ4n) is 1.76. The van der Waals surface area contributed by atoms with Crippen molar-refractivity contribution in [3.05, 3.63) is 35.4 Å². The van der Waals surface area contributed by atoms with Crippen LogP contribution in [0.15, 0.2) is 24.3 Å². The van der Waals surface area contributed by atoms with E-state index in [0.717, 1.165) is 12.0 Å². The van der Waals surface area contributed by atoms with Crippen molar-refractivity contribution >= 4 is 17.9 Å². The van der Waals surface area contributed by atoms with E-state index < -0.39 is 12.0 Å². The van der Waals surface area contributed by atoms with Gasteiger partial charge in [-0.25, -0.2) is 4.79 Å². The van der Waals surface area contributed by atoms with E-state index in [9.17, 15) is 14.4 Å². The smallest absolute Gasteiger partial charge is 0.315 e. The molecule has 0 heterocycles. The van der Waals surface area contributed by atoms with Gasteiger partial charge in [0.2, 0.25) is 0 Å². The van der Waals surface area contributed by atoms with Gasteiger partial charge in [0.15, 0.2) is 0 Å². The summed E-state index contributed by atoms with van der Waals surface area (Å²) in [5, 5.41) is 16.4. The van der Waals surface area contributed by atoms with Crippen LogP contribution in [0, 0.1) is 0 Å². The predicted octanol–water partition coefficient (Wildman–Crippen LogP) is 1.49. The molecule has 3 amide bonds. The average molecular weight is 321 g/mol. The highest BCUT2D eigenvalue weighted by Gasteiger charge is 2.09. The van der Waals surface area contributed by atoms with E-state index in [2.05, 4.69) is 16.0 Å². The summed E-state index contributed by atoms with van der Waals surface area (Å²) in [4.78, 5) is 33.9. The molecule has 0 saturated heterocycles. The van der Waals surface area contributed by atoms with Crippen molar-refractivity contribution in [2.24, 2.45) is 0 Å². The number of carbonyl (C=O) groups excluding carboxylic acids is 2. The molecule has 1 rings (SSSR count). The zero-order chi connectivity index (χ0) is 17.2. The molecule has 1 aromatic carbocycles. The maximum absolute atomic E-state index is 12.0. The van der Waals surface area contributed by atoms with E-state index in [-0.39, 0.29) is 31.5 Å². The summed E-state index contributed by atoms with van der Waals surface area (Å²) < 4.78 is 0. The molecule has 23 heavy (non-hydrogen) atoms. The number of carboxylic acids is 1. The highest BCUT2D eigenvalue weighted by molar-refractivity contribution is 5.94. The van der Waals surface area contributed by atoms with Gasteiger partial charge >= 0.3 is 12.0 Å². The molecule has 0 aliphatic carbocycles. The lowest BCUT2D eigenvalue weighted by molar-refractivity contribution is -0.136. The minimum Gasteiger partial charge on any atom is -0.481 e. The minimum absolute atomic E-state index is 0.0680. The van der Waals surface area contributed by atoms with Crippen molar-refractivity contribution in [3.8, 4) is 0 Å². The number of aliphatic carboxylic acids is 1. The zero-order valence-corrected chi connectivity index (χ0v) is 13.4. The molecule has 0 aliphatic rings. The predicted molar refractivity (Wildman–Crippen MR) is 86.2 cm³/mol. The topological polar surface area (TPSA) is 108 Å². The highest BCUT2D eigenvalue weighted by Crippen LogP contribution is 2.06. The Balaban J connectivity index is 2.49. The fourth-order valence-corrected chi connectivity index (χ4v) is 1.76. The Morgan fingerprint density at radius 2 is 1.96 bits per heavy atom. The Labute approximate surface area is 135 Å². The van der Waals surface area contributed by atoms with Gasteiger partial charge in [0.1, 0.15) is 0 Å². The minimum atomic E-state index is -0.967. The summed E-state index contributed by atoms with van der Waals surface area (Å²) in [7, 11) is 0. The normalized spacial score (nSPS) is 11.4. The molecule has 0 saturated carbocycles. The van der Waals surface area contributed by atoms with Crippen molar-refractivity contribution < 1.29 is 19.5 Å². The number of amides is 3. The molecule has 0 fully saturated rings.